The van der Waals surface area contributed by atoms with Crippen LogP contribution in [-0.4, -0.2) is 65.4 Å². The van der Waals surface area contributed by atoms with Crippen molar-refractivity contribution >= 4 is 17.5 Å². The fraction of sp³-hybridized carbons (Fsp3) is 0.391. The molecule has 5 rings (SSSR count). The summed E-state index contributed by atoms with van der Waals surface area (Å²) in [6.07, 6.45) is 3.74. The first-order valence-corrected chi connectivity index (χ1v) is 10.9. The Morgan fingerprint density at radius 1 is 0.774 bits per heavy atom. The minimum Gasteiger partial charge on any atom is -0.355 e. The zero-order valence-electron chi connectivity index (χ0n) is 17.5. The van der Waals surface area contributed by atoms with Crippen molar-refractivity contribution in [2.24, 2.45) is 0 Å². The third-order valence-corrected chi connectivity index (χ3v) is 5.99. The lowest BCUT2D eigenvalue weighted by Gasteiger charge is -2.35. The molecule has 0 saturated carbocycles. The number of piperazine rings is 1. The van der Waals surface area contributed by atoms with Crippen molar-refractivity contribution in [3.8, 4) is 11.3 Å². The number of aromatic nitrogens is 3. The third kappa shape index (κ3) is 4.23. The van der Waals surface area contributed by atoms with Crippen molar-refractivity contribution in [2.45, 2.75) is 19.3 Å². The van der Waals surface area contributed by atoms with Gasteiger partial charge in [0, 0.05) is 50.9 Å². The highest BCUT2D eigenvalue weighted by atomic mass is 16.5. The van der Waals surface area contributed by atoms with E-state index < -0.39 is 0 Å². The zero-order valence-corrected chi connectivity index (χ0v) is 17.5. The second-order valence-corrected chi connectivity index (χ2v) is 8.02. The first kappa shape index (κ1) is 19.5. The van der Waals surface area contributed by atoms with Gasteiger partial charge in [0.1, 0.15) is 0 Å². The molecule has 2 aliphatic rings. The lowest BCUT2D eigenvalue weighted by atomic mass is 10.1. The van der Waals surface area contributed by atoms with Crippen LogP contribution in [0.15, 0.2) is 53.1 Å². The van der Waals surface area contributed by atoms with Gasteiger partial charge in [0.05, 0.1) is 0 Å². The Morgan fingerprint density at radius 2 is 1.42 bits per heavy atom. The largest absolute Gasteiger partial charge is 0.355 e. The summed E-state index contributed by atoms with van der Waals surface area (Å²) >= 11 is 0. The molecule has 0 unspecified atom stereocenters. The molecule has 0 N–H and O–H groups in total. The maximum atomic E-state index is 12.9. The molecule has 0 aliphatic carbocycles. The number of carbonyl (C=O) groups excluding carboxylic acids is 1. The molecule has 2 saturated heterocycles. The average molecular weight is 419 g/mol. The number of hydrogen-bond acceptors (Lipinski definition) is 7. The minimum atomic E-state index is -0.0999. The molecule has 0 radical (unpaired) electrons. The molecular formula is C23H26N6O2. The second kappa shape index (κ2) is 8.75. The van der Waals surface area contributed by atoms with Crippen LogP contribution in [0.3, 0.4) is 0 Å². The van der Waals surface area contributed by atoms with Crippen molar-refractivity contribution in [1.29, 1.82) is 0 Å². The van der Waals surface area contributed by atoms with Gasteiger partial charge in [-0.15, -0.1) is 10.2 Å². The van der Waals surface area contributed by atoms with E-state index in [1.807, 2.05) is 41.3 Å². The molecule has 0 atom stereocenters. The summed E-state index contributed by atoms with van der Waals surface area (Å²) in [5.41, 5.74) is 1.25. The SMILES string of the molecule is O=C(c1cc(-c2ccccc2)on1)N1CCN(c2ccc(N3CCCCC3)nn2)CC1. The molecule has 0 spiro atoms. The van der Waals surface area contributed by atoms with Crippen molar-refractivity contribution < 1.29 is 9.32 Å². The maximum absolute atomic E-state index is 12.9. The number of carbonyl (C=O) groups is 1. The van der Waals surface area contributed by atoms with Crippen LogP contribution >= 0.6 is 0 Å². The molecule has 0 bridgehead atoms. The average Bonchev–Trinajstić information content (AvgIpc) is 3.35. The Labute approximate surface area is 181 Å². The fourth-order valence-electron chi connectivity index (χ4n) is 4.19. The van der Waals surface area contributed by atoms with E-state index in [1.54, 1.807) is 6.07 Å². The van der Waals surface area contributed by atoms with Crippen molar-refractivity contribution in [2.75, 3.05) is 49.1 Å². The molecule has 160 valence electrons. The van der Waals surface area contributed by atoms with Crippen LogP contribution in [0.4, 0.5) is 11.6 Å². The summed E-state index contributed by atoms with van der Waals surface area (Å²) in [4.78, 5) is 19.2. The second-order valence-electron chi connectivity index (χ2n) is 8.02. The fourth-order valence-corrected chi connectivity index (χ4v) is 4.19. The van der Waals surface area contributed by atoms with E-state index >= 15 is 0 Å². The Bertz CT molecular complexity index is 1010. The number of hydrogen-bond donors (Lipinski definition) is 0. The first-order valence-electron chi connectivity index (χ1n) is 10.9. The van der Waals surface area contributed by atoms with E-state index in [-0.39, 0.29) is 5.91 Å². The first-order chi connectivity index (χ1) is 15.3. The molecule has 8 heteroatoms. The molecule has 1 aromatic carbocycles. The molecule has 4 heterocycles. The smallest absolute Gasteiger partial charge is 0.276 e. The highest BCUT2D eigenvalue weighted by Crippen LogP contribution is 2.22. The summed E-state index contributed by atoms with van der Waals surface area (Å²) in [6.45, 7) is 4.77. The van der Waals surface area contributed by atoms with Gasteiger partial charge in [-0.2, -0.15) is 0 Å². The normalized spacial score (nSPS) is 17.1. The predicted octanol–water partition coefficient (Wildman–Crippen LogP) is 3.08. The number of rotatable bonds is 4. The van der Waals surface area contributed by atoms with Gasteiger partial charge < -0.3 is 19.2 Å². The Hall–Kier alpha value is -3.42. The maximum Gasteiger partial charge on any atom is 0.276 e. The minimum absolute atomic E-state index is 0.0999. The van der Waals surface area contributed by atoms with Gasteiger partial charge in [0.15, 0.2) is 23.1 Å². The van der Waals surface area contributed by atoms with E-state index in [2.05, 4.69) is 31.2 Å². The molecule has 1 amide bonds. The molecule has 3 aromatic rings. The van der Waals surface area contributed by atoms with Gasteiger partial charge in [0.25, 0.3) is 5.91 Å². The summed E-state index contributed by atoms with van der Waals surface area (Å²) in [6, 6.07) is 15.5. The van der Waals surface area contributed by atoms with Crippen LogP contribution in [0.5, 0.6) is 0 Å². The lowest BCUT2D eigenvalue weighted by Crippen LogP contribution is -2.49. The summed E-state index contributed by atoms with van der Waals surface area (Å²) in [5, 5.41) is 12.9. The van der Waals surface area contributed by atoms with Crippen LogP contribution in [-0.2, 0) is 0 Å². The molecule has 2 aromatic heterocycles. The van der Waals surface area contributed by atoms with Crippen molar-refractivity contribution in [3.63, 3.8) is 0 Å². The van der Waals surface area contributed by atoms with Crippen LogP contribution in [0, 0.1) is 0 Å². The van der Waals surface area contributed by atoms with Crippen LogP contribution in [0.1, 0.15) is 29.8 Å². The van der Waals surface area contributed by atoms with E-state index in [9.17, 15) is 4.79 Å². The molecule has 31 heavy (non-hydrogen) atoms. The van der Waals surface area contributed by atoms with Crippen LogP contribution in [0.25, 0.3) is 11.3 Å². The van der Waals surface area contributed by atoms with Gasteiger partial charge in [-0.1, -0.05) is 35.5 Å². The zero-order chi connectivity index (χ0) is 21.0. The quantitative estimate of drug-likeness (QED) is 0.644. The van der Waals surface area contributed by atoms with Gasteiger partial charge in [-0.05, 0) is 31.4 Å². The van der Waals surface area contributed by atoms with E-state index in [0.29, 0.717) is 37.6 Å². The number of nitrogens with zero attached hydrogens (tertiary/aromatic N) is 6. The third-order valence-electron chi connectivity index (χ3n) is 5.99. The van der Waals surface area contributed by atoms with Crippen LogP contribution in [0.2, 0.25) is 0 Å². The topological polar surface area (TPSA) is 78.6 Å². The standard InChI is InChI=1S/C23H26N6O2/c30-23(19-17-20(31-26-19)18-7-3-1-4-8-18)29-15-13-28(14-16-29)22-10-9-21(24-25-22)27-11-5-2-6-12-27/h1,3-4,7-10,17H,2,5-6,11-16H2. The predicted molar refractivity (Wildman–Crippen MR) is 118 cm³/mol. The van der Waals surface area contributed by atoms with E-state index in [4.69, 9.17) is 4.52 Å². The van der Waals surface area contributed by atoms with Crippen LogP contribution < -0.4 is 9.80 Å². The monoisotopic (exact) mass is 418 g/mol. The molecule has 8 nitrogen and oxygen atoms in total. The Kier molecular flexibility index (Phi) is 5.52. The van der Waals surface area contributed by atoms with Crippen molar-refractivity contribution in [1.82, 2.24) is 20.3 Å². The number of anilines is 2. The van der Waals surface area contributed by atoms with Gasteiger partial charge in [-0.25, -0.2) is 0 Å². The highest BCUT2D eigenvalue weighted by Gasteiger charge is 2.25. The van der Waals surface area contributed by atoms with Gasteiger partial charge in [-0.3, -0.25) is 4.79 Å². The summed E-state index contributed by atoms with van der Waals surface area (Å²) < 4.78 is 5.38. The van der Waals surface area contributed by atoms with Crippen molar-refractivity contribution in [3.05, 3.63) is 54.2 Å². The number of piperidine rings is 1. The summed E-state index contributed by atoms with van der Waals surface area (Å²) in [5.74, 6) is 2.32. The van der Waals surface area contributed by atoms with E-state index in [0.717, 1.165) is 30.3 Å². The lowest BCUT2D eigenvalue weighted by molar-refractivity contribution is 0.0736. The Balaban J connectivity index is 1.18. The number of benzene rings is 1. The Morgan fingerprint density at radius 3 is 2.06 bits per heavy atom. The molecule has 2 fully saturated rings. The van der Waals surface area contributed by atoms with Gasteiger partial charge >= 0.3 is 0 Å². The highest BCUT2D eigenvalue weighted by molar-refractivity contribution is 5.93. The van der Waals surface area contributed by atoms with E-state index in [1.165, 1.54) is 19.3 Å². The van der Waals surface area contributed by atoms with Gasteiger partial charge in [0.2, 0.25) is 0 Å². The number of amides is 1. The molecular weight excluding hydrogens is 392 g/mol. The summed E-state index contributed by atoms with van der Waals surface area (Å²) in [7, 11) is 0. The molecule has 2 aliphatic heterocycles.